The van der Waals surface area contributed by atoms with Crippen LogP contribution in [0.1, 0.15) is 44.2 Å². The van der Waals surface area contributed by atoms with Crippen molar-refractivity contribution in [2.45, 2.75) is 46.6 Å². The lowest BCUT2D eigenvalue weighted by Crippen LogP contribution is -2.09. The lowest BCUT2D eigenvalue weighted by atomic mass is 10.0. The quantitative estimate of drug-likeness (QED) is 0.392. The Balaban J connectivity index is 1.82. The fourth-order valence-electron chi connectivity index (χ4n) is 3.36. The van der Waals surface area contributed by atoms with Crippen molar-refractivity contribution in [2.75, 3.05) is 6.61 Å². The van der Waals surface area contributed by atoms with Gasteiger partial charge in [-0.2, -0.15) is 0 Å². The van der Waals surface area contributed by atoms with E-state index < -0.39 is 5.91 Å². The molecule has 3 aromatic rings. The van der Waals surface area contributed by atoms with Gasteiger partial charge >= 0.3 is 5.91 Å². The van der Waals surface area contributed by atoms with E-state index in [4.69, 9.17) is 4.74 Å². The third kappa shape index (κ3) is 4.73. The number of ether oxygens (including phenoxy) is 1. The zero-order valence-corrected chi connectivity index (χ0v) is 19.2. The van der Waals surface area contributed by atoms with Gasteiger partial charge in [0.1, 0.15) is 5.75 Å². The van der Waals surface area contributed by atoms with Crippen LogP contribution in [0.25, 0.3) is 10.9 Å². The molecule has 0 spiro atoms. The molecule has 158 valence electrons. The lowest BCUT2D eigenvalue weighted by Gasteiger charge is -2.13. The van der Waals surface area contributed by atoms with Crippen LogP contribution in [-0.4, -0.2) is 22.2 Å². The zero-order chi connectivity index (χ0) is 21.8. The van der Waals surface area contributed by atoms with Crippen molar-refractivity contribution < 1.29 is 14.6 Å². The minimum absolute atomic E-state index is 0.00296. The SMILES string of the molecule is CCCn1c(O)c(N=NC(=O)COc2cc(C)ccc2C(C)C)c2cc(Br)ccc21. The van der Waals surface area contributed by atoms with E-state index in [-0.39, 0.29) is 24.1 Å². The predicted molar refractivity (Wildman–Crippen MR) is 122 cm³/mol. The molecule has 0 aliphatic rings. The minimum atomic E-state index is -0.517. The second-order valence-electron chi connectivity index (χ2n) is 7.56. The van der Waals surface area contributed by atoms with Crippen LogP contribution in [-0.2, 0) is 11.3 Å². The summed E-state index contributed by atoms with van der Waals surface area (Å²) in [5, 5.41) is 19.2. The Hall–Kier alpha value is -2.67. The van der Waals surface area contributed by atoms with Gasteiger partial charge in [0.2, 0.25) is 5.88 Å². The average molecular weight is 472 g/mol. The molecule has 0 fully saturated rings. The molecule has 0 radical (unpaired) electrons. The van der Waals surface area contributed by atoms with E-state index in [9.17, 15) is 9.90 Å². The molecular formula is C23H26BrN3O3. The van der Waals surface area contributed by atoms with Crippen LogP contribution in [0.4, 0.5) is 5.69 Å². The van der Waals surface area contributed by atoms with Gasteiger partial charge in [-0.3, -0.25) is 4.79 Å². The highest BCUT2D eigenvalue weighted by Gasteiger charge is 2.17. The molecule has 1 aromatic heterocycles. The lowest BCUT2D eigenvalue weighted by molar-refractivity contribution is -0.120. The number of carbonyl (C=O) groups excluding carboxylic acids is 1. The van der Waals surface area contributed by atoms with E-state index >= 15 is 0 Å². The highest BCUT2D eigenvalue weighted by atomic mass is 79.9. The molecule has 1 N–H and O–H groups in total. The van der Waals surface area contributed by atoms with Crippen LogP contribution in [0.2, 0.25) is 0 Å². The molecule has 0 saturated carbocycles. The Labute approximate surface area is 184 Å². The molecule has 0 saturated heterocycles. The summed E-state index contributed by atoms with van der Waals surface area (Å²) in [6, 6.07) is 11.6. The Bertz CT molecular complexity index is 1100. The van der Waals surface area contributed by atoms with Crippen molar-refractivity contribution >= 4 is 38.4 Å². The fraction of sp³-hybridized carbons (Fsp3) is 0.348. The van der Waals surface area contributed by atoms with E-state index in [1.165, 1.54) is 0 Å². The summed E-state index contributed by atoms with van der Waals surface area (Å²) in [5.74, 6) is 0.442. The van der Waals surface area contributed by atoms with Gasteiger partial charge in [-0.05, 0) is 54.7 Å². The van der Waals surface area contributed by atoms with Crippen LogP contribution in [0.3, 0.4) is 0 Å². The summed E-state index contributed by atoms with van der Waals surface area (Å²) in [5.41, 5.74) is 3.22. The zero-order valence-electron chi connectivity index (χ0n) is 17.6. The number of azo groups is 1. The van der Waals surface area contributed by atoms with Gasteiger partial charge in [0.05, 0.1) is 5.52 Å². The number of carbonyl (C=O) groups is 1. The average Bonchev–Trinajstić information content (AvgIpc) is 2.95. The number of nitrogens with zero attached hydrogens (tertiary/aromatic N) is 3. The molecule has 1 amide bonds. The summed E-state index contributed by atoms with van der Waals surface area (Å²) in [6.07, 6.45) is 0.853. The summed E-state index contributed by atoms with van der Waals surface area (Å²) in [4.78, 5) is 12.3. The first-order chi connectivity index (χ1) is 14.3. The normalized spacial score (nSPS) is 11.7. The highest BCUT2D eigenvalue weighted by molar-refractivity contribution is 9.10. The number of fused-ring (bicyclic) bond motifs is 1. The molecule has 3 rings (SSSR count). The second-order valence-corrected chi connectivity index (χ2v) is 8.48. The van der Waals surface area contributed by atoms with Crippen LogP contribution >= 0.6 is 15.9 Å². The number of hydrogen-bond acceptors (Lipinski definition) is 4. The molecule has 1 heterocycles. The molecule has 7 heteroatoms. The molecule has 0 aliphatic carbocycles. The first-order valence-corrected chi connectivity index (χ1v) is 10.8. The maximum atomic E-state index is 12.3. The highest BCUT2D eigenvalue weighted by Crippen LogP contribution is 2.40. The molecule has 0 aliphatic heterocycles. The van der Waals surface area contributed by atoms with Crippen LogP contribution < -0.4 is 4.74 Å². The number of aromatic nitrogens is 1. The predicted octanol–water partition coefficient (Wildman–Crippen LogP) is 6.64. The maximum Gasteiger partial charge on any atom is 0.302 e. The molecule has 0 bridgehead atoms. The van der Waals surface area contributed by atoms with Crippen LogP contribution in [0.15, 0.2) is 51.1 Å². The molecule has 2 aromatic carbocycles. The van der Waals surface area contributed by atoms with Crippen molar-refractivity contribution in [1.82, 2.24) is 4.57 Å². The minimum Gasteiger partial charge on any atom is -0.493 e. The van der Waals surface area contributed by atoms with Crippen molar-refractivity contribution in [3.05, 3.63) is 52.0 Å². The van der Waals surface area contributed by atoms with Crippen molar-refractivity contribution in [1.29, 1.82) is 0 Å². The molecule has 0 unspecified atom stereocenters. The Kier molecular flexibility index (Phi) is 6.92. The Morgan fingerprint density at radius 1 is 1.23 bits per heavy atom. The first kappa shape index (κ1) is 22.0. The molecule has 0 atom stereocenters. The van der Waals surface area contributed by atoms with Gasteiger partial charge in [-0.25, -0.2) is 0 Å². The van der Waals surface area contributed by atoms with E-state index in [1.54, 1.807) is 4.57 Å². The molecule has 6 nitrogen and oxygen atoms in total. The van der Waals surface area contributed by atoms with Crippen molar-refractivity contribution in [3.8, 4) is 11.6 Å². The van der Waals surface area contributed by atoms with Gasteiger partial charge in [0, 0.05) is 16.4 Å². The van der Waals surface area contributed by atoms with Gasteiger partial charge in [0.25, 0.3) is 0 Å². The number of rotatable bonds is 7. The largest absolute Gasteiger partial charge is 0.493 e. The van der Waals surface area contributed by atoms with Crippen molar-refractivity contribution in [3.63, 3.8) is 0 Å². The monoisotopic (exact) mass is 471 g/mol. The number of benzene rings is 2. The fourth-order valence-corrected chi connectivity index (χ4v) is 3.72. The number of amides is 1. The van der Waals surface area contributed by atoms with Crippen LogP contribution in [0, 0.1) is 6.92 Å². The van der Waals surface area contributed by atoms with Gasteiger partial charge < -0.3 is 14.4 Å². The van der Waals surface area contributed by atoms with Gasteiger partial charge in [-0.15, -0.1) is 10.2 Å². The third-order valence-electron chi connectivity index (χ3n) is 4.82. The number of halogens is 1. The Morgan fingerprint density at radius 2 is 2.00 bits per heavy atom. The number of aromatic hydroxyl groups is 1. The van der Waals surface area contributed by atoms with Gasteiger partial charge in [-0.1, -0.05) is 48.8 Å². The van der Waals surface area contributed by atoms with E-state index in [1.807, 2.05) is 50.2 Å². The van der Waals surface area contributed by atoms with Crippen molar-refractivity contribution in [2.24, 2.45) is 10.2 Å². The van der Waals surface area contributed by atoms with Crippen LogP contribution in [0.5, 0.6) is 11.6 Å². The van der Waals surface area contributed by atoms with E-state index in [0.29, 0.717) is 12.3 Å². The van der Waals surface area contributed by atoms with Gasteiger partial charge in [0.15, 0.2) is 12.3 Å². The number of aryl methyl sites for hydroxylation is 2. The standard InChI is InChI=1S/C23H26BrN3O3/c1-5-10-27-19-9-7-16(24)12-18(19)22(23(27)29)26-25-21(28)13-30-20-11-15(4)6-8-17(20)14(2)3/h6-9,11-12,14,29H,5,10,13H2,1-4H3. The first-order valence-electron chi connectivity index (χ1n) is 10.0. The number of hydrogen-bond donors (Lipinski definition) is 1. The summed E-state index contributed by atoms with van der Waals surface area (Å²) >= 11 is 3.44. The summed E-state index contributed by atoms with van der Waals surface area (Å²) < 4.78 is 8.37. The smallest absolute Gasteiger partial charge is 0.302 e. The second kappa shape index (κ2) is 9.43. The summed E-state index contributed by atoms with van der Waals surface area (Å²) in [6.45, 7) is 8.58. The topological polar surface area (TPSA) is 76.2 Å². The molecule has 30 heavy (non-hydrogen) atoms. The summed E-state index contributed by atoms with van der Waals surface area (Å²) in [7, 11) is 0. The van der Waals surface area contributed by atoms with E-state index in [2.05, 4.69) is 40.0 Å². The third-order valence-corrected chi connectivity index (χ3v) is 5.32. The molecular weight excluding hydrogens is 446 g/mol. The Morgan fingerprint density at radius 3 is 2.70 bits per heavy atom. The maximum absolute atomic E-state index is 12.3. The van der Waals surface area contributed by atoms with E-state index in [0.717, 1.165) is 32.9 Å².